The molecule has 3 amide bonds. The van der Waals surface area contributed by atoms with Crippen LogP contribution < -0.4 is 10.6 Å². The Kier molecular flexibility index (Phi) is 7.61. The van der Waals surface area contributed by atoms with Gasteiger partial charge in [0.2, 0.25) is 17.7 Å². The summed E-state index contributed by atoms with van der Waals surface area (Å²) in [6, 6.07) is 7.48. The van der Waals surface area contributed by atoms with E-state index in [2.05, 4.69) is 10.6 Å². The molecule has 0 spiro atoms. The van der Waals surface area contributed by atoms with Crippen molar-refractivity contribution in [2.45, 2.75) is 41.0 Å². The molecule has 1 aromatic carbocycles. The van der Waals surface area contributed by atoms with Crippen LogP contribution in [0.3, 0.4) is 0 Å². The van der Waals surface area contributed by atoms with Crippen molar-refractivity contribution >= 4 is 23.4 Å². The number of nitrogens with one attached hydrogen (secondary N) is 2. The summed E-state index contributed by atoms with van der Waals surface area (Å²) in [4.78, 5) is 38.0. The summed E-state index contributed by atoms with van der Waals surface area (Å²) in [6.45, 7) is 9.52. The van der Waals surface area contributed by atoms with Gasteiger partial charge in [0, 0.05) is 17.6 Å². The Morgan fingerprint density at radius 2 is 1.76 bits per heavy atom. The number of nitrogens with zero attached hydrogens (tertiary/aromatic N) is 1. The highest BCUT2D eigenvalue weighted by Crippen LogP contribution is 2.13. The summed E-state index contributed by atoms with van der Waals surface area (Å²) in [5.74, 6) is -0.709. The molecule has 138 valence electrons. The summed E-state index contributed by atoms with van der Waals surface area (Å²) in [7, 11) is 0. The lowest BCUT2D eigenvalue weighted by molar-refractivity contribution is -0.136. The van der Waals surface area contributed by atoms with E-state index in [1.165, 1.54) is 4.90 Å². The molecule has 0 atom stereocenters. The molecule has 0 bridgehead atoms. The molecule has 1 aromatic rings. The molecule has 0 radical (unpaired) electrons. The van der Waals surface area contributed by atoms with Crippen LogP contribution in [0.5, 0.6) is 0 Å². The van der Waals surface area contributed by atoms with Crippen molar-refractivity contribution < 1.29 is 14.4 Å². The van der Waals surface area contributed by atoms with Gasteiger partial charge in [-0.2, -0.15) is 0 Å². The van der Waals surface area contributed by atoms with Gasteiger partial charge >= 0.3 is 0 Å². The van der Waals surface area contributed by atoms with Gasteiger partial charge in [0.25, 0.3) is 0 Å². The molecule has 6 nitrogen and oxygen atoms in total. The third kappa shape index (κ3) is 6.95. The molecular weight excluding hydrogens is 318 g/mol. The van der Waals surface area contributed by atoms with Crippen molar-refractivity contribution in [3.63, 3.8) is 0 Å². The minimum atomic E-state index is -0.557. The first-order valence-electron chi connectivity index (χ1n) is 8.56. The summed E-state index contributed by atoms with van der Waals surface area (Å²) in [5.41, 5.74) is 1.14. The lowest BCUT2D eigenvalue weighted by atomic mass is 9.96. The van der Waals surface area contributed by atoms with Gasteiger partial charge in [0.1, 0.15) is 0 Å². The van der Waals surface area contributed by atoms with Gasteiger partial charge in [0.15, 0.2) is 0 Å². The van der Waals surface area contributed by atoms with E-state index in [1.807, 2.05) is 38.1 Å². The van der Waals surface area contributed by atoms with Gasteiger partial charge in [0.05, 0.1) is 13.1 Å². The minimum Gasteiger partial charge on any atom is -0.347 e. The molecule has 2 N–H and O–H groups in total. The van der Waals surface area contributed by atoms with Crippen molar-refractivity contribution in [3.05, 3.63) is 29.8 Å². The van der Waals surface area contributed by atoms with Crippen LogP contribution in [0.25, 0.3) is 0 Å². The van der Waals surface area contributed by atoms with Gasteiger partial charge in [-0.05, 0) is 25.0 Å². The predicted molar refractivity (Wildman–Crippen MR) is 99.1 cm³/mol. The molecule has 0 aliphatic carbocycles. The van der Waals surface area contributed by atoms with Crippen molar-refractivity contribution in [1.29, 1.82) is 0 Å². The van der Waals surface area contributed by atoms with E-state index in [0.29, 0.717) is 6.54 Å². The average Bonchev–Trinajstić information content (AvgIpc) is 2.53. The van der Waals surface area contributed by atoms with E-state index < -0.39 is 5.41 Å². The fraction of sp³-hybridized carbons (Fsp3) is 0.526. The van der Waals surface area contributed by atoms with Crippen LogP contribution in [-0.4, -0.2) is 42.3 Å². The zero-order valence-electron chi connectivity index (χ0n) is 15.8. The maximum Gasteiger partial charge on any atom is 0.244 e. The van der Waals surface area contributed by atoms with Gasteiger partial charge in [-0.15, -0.1) is 0 Å². The second-order valence-electron chi connectivity index (χ2n) is 7.11. The summed E-state index contributed by atoms with van der Waals surface area (Å²) in [6.07, 6.45) is 0.733. The Morgan fingerprint density at radius 1 is 1.12 bits per heavy atom. The van der Waals surface area contributed by atoms with Gasteiger partial charge in [-0.1, -0.05) is 45.9 Å². The standard InChI is InChI=1S/C19H29N3O3/c1-6-11-22(17(24)12-20-18(25)19(3,4)5)13-16(23)21-15-10-8-7-9-14(15)2/h7-10H,6,11-13H2,1-5H3,(H,20,25)(H,21,23). The fourth-order valence-electron chi connectivity index (χ4n) is 2.17. The lowest BCUT2D eigenvalue weighted by Gasteiger charge is -2.23. The Labute approximate surface area is 150 Å². The number of hydrogen-bond acceptors (Lipinski definition) is 3. The number of anilines is 1. The predicted octanol–water partition coefficient (Wildman–Crippen LogP) is 2.33. The second-order valence-corrected chi connectivity index (χ2v) is 7.11. The van der Waals surface area contributed by atoms with Crippen LogP contribution in [-0.2, 0) is 14.4 Å². The maximum atomic E-state index is 12.4. The number of carbonyl (C=O) groups is 3. The number of hydrogen-bond donors (Lipinski definition) is 2. The first kappa shape index (κ1) is 20.7. The zero-order chi connectivity index (χ0) is 19.0. The number of aryl methyl sites for hydroxylation is 1. The lowest BCUT2D eigenvalue weighted by Crippen LogP contribution is -2.46. The number of amides is 3. The quantitative estimate of drug-likeness (QED) is 0.794. The largest absolute Gasteiger partial charge is 0.347 e. The highest BCUT2D eigenvalue weighted by molar-refractivity contribution is 5.96. The van der Waals surface area contributed by atoms with E-state index in [1.54, 1.807) is 20.8 Å². The Bertz CT molecular complexity index is 621. The van der Waals surface area contributed by atoms with Gasteiger partial charge < -0.3 is 15.5 Å². The molecule has 0 saturated heterocycles. The first-order chi connectivity index (χ1) is 11.6. The molecule has 0 saturated carbocycles. The molecule has 6 heteroatoms. The minimum absolute atomic E-state index is 0.0353. The van der Waals surface area contributed by atoms with E-state index >= 15 is 0 Å². The number of carbonyl (C=O) groups excluding carboxylic acids is 3. The maximum absolute atomic E-state index is 12.4. The second kappa shape index (κ2) is 9.20. The Hall–Kier alpha value is -2.37. The molecule has 0 aliphatic rings. The van der Waals surface area contributed by atoms with Gasteiger partial charge in [-0.3, -0.25) is 14.4 Å². The third-order valence-electron chi connectivity index (χ3n) is 3.68. The summed E-state index contributed by atoms with van der Waals surface area (Å²) < 4.78 is 0. The summed E-state index contributed by atoms with van der Waals surface area (Å²) >= 11 is 0. The van der Waals surface area contributed by atoms with Crippen LogP contribution >= 0.6 is 0 Å². The van der Waals surface area contributed by atoms with Crippen LogP contribution in [0.15, 0.2) is 24.3 Å². The fourth-order valence-corrected chi connectivity index (χ4v) is 2.17. The number of benzene rings is 1. The van der Waals surface area contributed by atoms with Gasteiger partial charge in [-0.25, -0.2) is 0 Å². The number of rotatable bonds is 7. The van der Waals surface area contributed by atoms with E-state index in [0.717, 1.165) is 17.7 Å². The van der Waals surface area contributed by atoms with E-state index in [4.69, 9.17) is 0 Å². The van der Waals surface area contributed by atoms with Crippen molar-refractivity contribution in [1.82, 2.24) is 10.2 Å². The summed E-state index contributed by atoms with van der Waals surface area (Å²) in [5, 5.41) is 5.45. The first-order valence-corrected chi connectivity index (χ1v) is 8.56. The molecular formula is C19H29N3O3. The third-order valence-corrected chi connectivity index (χ3v) is 3.68. The van der Waals surface area contributed by atoms with Crippen molar-refractivity contribution in [2.75, 3.05) is 25.0 Å². The highest BCUT2D eigenvalue weighted by Gasteiger charge is 2.23. The molecule has 0 aliphatic heterocycles. The van der Waals surface area contributed by atoms with Crippen molar-refractivity contribution in [3.8, 4) is 0 Å². The Balaban J connectivity index is 2.63. The van der Waals surface area contributed by atoms with Crippen molar-refractivity contribution in [2.24, 2.45) is 5.41 Å². The van der Waals surface area contributed by atoms with Crippen LogP contribution in [0.1, 0.15) is 39.7 Å². The Morgan fingerprint density at radius 3 is 2.32 bits per heavy atom. The zero-order valence-corrected chi connectivity index (χ0v) is 15.8. The molecule has 1 rings (SSSR count). The molecule has 25 heavy (non-hydrogen) atoms. The van der Waals surface area contributed by atoms with E-state index in [9.17, 15) is 14.4 Å². The monoisotopic (exact) mass is 347 g/mol. The SMILES string of the molecule is CCCN(CC(=O)Nc1ccccc1C)C(=O)CNC(=O)C(C)(C)C. The molecule has 0 aromatic heterocycles. The highest BCUT2D eigenvalue weighted by atomic mass is 16.2. The molecule has 0 heterocycles. The molecule has 0 unspecified atom stereocenters. The smallest absolute Gasteiger partial charge is 0.244 e. The normalized spacial score (nSPS) is 10.9. The van der Waals surface area contributed by atoms with Crippen LogP contribution in [0.4, 0.5) is 5.69 Å². The van der Waals surface area contributed by atoms with Crippen LogP contribution in [0.2, 0.25) is 0 Å². The molecule has 0 fully saturated rings. The topological polar surface area (TPSA) is 78.5 Å². The number of para-hydroxylation sites is 1. The van der Waals surface area contributed by atoms with E-state index in [-0.39, 0.29) is 30.8 Å². The van der Waals surface area contributed by atoms with Crippen LogP contribution in [0, 0.1) is 12.3 Å². The average molecular weight is 347 g/mol.